The SMILES string of the molecule is Cc1c(C[NH+]2CCN(c3cccc(C(F)(F)F)c3)CC2)noc1-c1ccc(F)cc1. The molecule has 0 aliphatic carbocycles. The molecule has 0 unspecified atom stereocenters. The van der Waals surface area contributed by atoms with E-state index in [-0.39, 0.29) is 5.82 Å². The number of alkyl halides is 3. The summed E-state index contributed by atoms with van der Waals surface area (Å²) >= 11 is 0. The van der Waals surface area contributed by atoms with Gasteiger partial charge in [-0.25, -0.2) is 4.39 Å². The van der Waals surface area contributed by atoms with Gasteiger partial charge in [-0.05, 0) is 49.4 Å². The van der Waals surface area contributed by atoms with Crippen LogP contribution >= 0.6 is 0 Å². The molecule has 1 saturated heterocycles. The molecular formula is C22H22F4N3O+. The highest BCUT2D eigenvalue weighted by molar-refractivity contribution is 5.61. The van der Waals surface area contributed by atoms with Crippen LogP contribution in [0, 0.1) is 12.7 Å². The molecule has 1 fully saturated rings. The number of halogens is 4. The molecule has 0 saturated carbocycles. The van der Waals surface area contributed by atoms with Crippen LogP contribution in [-0.4, -0.2) is 31.3 Å². The highest BCUT2D eigenvalue weighted by Crippen LogP contribution is 2.31. The van der Waals surface area contributed by atoms with Crippen molar-refractivity contribution in [2.75, 3.05) is 31.1 Å². The first-order valence-electron chi connectivity index (χ1n) is 9.78. The number of aromatic nitrogens is 1. The molecule has 1 aliphatic rings. The fourth-order valence-electron chi connectivity index (χ4n) is 3.78. The van der Waals surface area contributed by atoms with E-state index in [1.165, 1.54) is 29.2 Å². The average molecular weight is 420 g/mol. The summed E-state index contributed by atoms with van der Waals surface area (Å²) in [4.78, 5) is 3.28. The predicted molar refractivity (Wildman–Crippen MR) is 105 cm³/mol. The highest BCUT2D eigenvalue weighted by Gasteiger charge is 2.31. The number of benzene rings is 2. The van der Waals surface area contributed by atoms with E-state index in [4.69, 9.17) is 4.52 Å². The van der Waals surface area contributed by atoms with Gasteiger partial charge in [0.2, 0.25) is 0 Å². The van der Waals surface area contributed by atoms with Gasteiger partial charge in [0.05, 0.1) is 31.7 Å². The van der Waals surface area contributed by atoms with Gasteiger partial charge in [-0.15, -0.1) is 0 Å². The van der Waals surface area contributed by atoms with Crippen molar-refractivity contribution >= 4 is 5.69 Å². The zero-order valence-electron chi connectivity index (χ0n) is 16.5. The molecule has 0 amide bonds. The van der Waals surface area contributed by atoms with Gasteiger partial charge in [0, 0.05) is 16.8 Å². The van der Waals surface area contributed by atoms with Crippen LogP contribution in [0.25, 0.3) is 11.3 Å². The van der Waals surface area contributed by atoms with E-state index in [9.17, 15) is 17.6 Å². The van der Waals surface area contributed by atoms with Crippen LogP contribution in [0.3, 0.4) is 0 Å². The second-order valence-corrected chi connectivity index (χ2v) is 7.55. The van der Waals surface area contributed by atoms with Gasteiger partial charge in [0.15, 0.2) is 5.76 Å². The number of hydrogen-bond donors (Lipinski definition) is 1. The first-order chi connectivity index (χ1) is 14.3. The largest absolute Gasteiger partial charge is 0.416 e. The Kier molecular flexibility index (Phi) is 5.51. The molecule has 4 rings (SSSR count). The summed E-state index contributed by atoms with van der Waals surface area (Å²) in [5.41, 5.74) is 2.52. The van der Waals surface area contributed by atoms with Crippen molar-refractivity contribution in [2.45, 2.75) is 19.6 Å². The maximum absolute atomic E-state index is 13.1. The molecule has 8 heteroatoms. The Morgan fingerprint density at radius 2 is 1.77 bits per heavy atom. The fourth-order valence-corrected chi connectivity index (χ4v) is 3.78. The van der Waals surface area contributed by atoms with Gasteiger partial charge >= 0.3 is 6.18 Å². The third-order valence-electron chi connectivity index (χ3n) is 5.55. The van der Waals surface area contributed by atoms with Crippen molar-refractivity contribution < 1.29 is 27.0 Å². The quantitative estimate of drug-likeness (QED) is 0.654. The number of piperazine rings is 1. The second kappa shape index (κ2) is 8.10. The Hall–Kier alpha value is -2.87. The molecule has 0 radical (unpaired) electrons. The summed E-state index contributed by atoms with van der Waals surface area (Å²) in [6, 6.07) is 11.6. The fraction of sp³-hybridized carbons (Fsp3) is 0.318. The molecular weight excluding hydrogens is 398 g/mol. The van der Waals surface area contributed by atoms with E-state index in [2.05, 4.69) is 5.16 Å². The average Bonchev–Trinajstić information content (AvgIpc) is 3.09. The number of rotatable bonds is 4. The maximum atomic E-state index is 13.1. The van der Waals surface area contributed by atoms with Crippen LogP contribution in [0.4, 0.5) is 23.2 Å². The lowest BCUT2D eigenvalue weighted by molar-refractivity contribution is -0.914. The minimum Gasteiger partial charge on any atom is -0.360 e. The van der Waals surface area contributed by atoms with E-state index < -0.39 is 11.7 Å². The summed E-state index contributed by atoms with van der Waals surface area (Å²) in [6.07, 6.45) is -4.34. The van der Waals surface area contributed by atoms with E-state index in [1.807, 2.05) is 11.8 Å². The molecule has 1 aromatic heterocycles. The van der Waals surface area contributed by atoms with Crippen LogP contribution in [0.2, 0.25) is 0 Å². The molecule has 0 bridgehead atoms. The highest BCUT2D eigenvalue weighted by atomic mass is 19.4. The summed E-state index contributed by atoms with van der Waals surface area (Å²) < 4.78 is 57.5. The van der Waals surface area contributed by atoms with Crippen molar-refractivity contribution in [3.05, 3.63) is 71.2 Å². The molecule has 4 nitrogen and oxygen atoms in total. The smallest absolute Gasteiger partial charge is 0.360 e. The van der Waals surface area contributed by atoms with Crippen molar-refractivity contribution in [3.8, 4) is 11.3 Å². The lowest BCUT2D eigenvalue weighted by Crippen LogP contribution is -3.13. The molecule has 30 heavy (non-hydrogen) atoms. The first-order valence-corrected chi connectivity index (χ1v) is 9.78. The topological polar surface area (TPSA) is 33.7 Å². The first kappa shape index (κ1) is 20.4. The number of hydrogen-bond acceptors (Lipinski definition) is 3. The van der Waals surface area contributed by atoms with Crippen LogP contribution in [0.1, 0.15) is 16.8 Å². The van der Waals surface area contributed by atoms with Crippen LogP contribution in [-0.2, 0) is 12.7 Å². The van der Waals surface area contributed by atoms with Crippen LogP contribution in [0.15, 0.2) is 53.1 Å². The molecule has 2 aromatic carbocycles. The van der Waals surface area contributed by atoms with Crippen molar-refractivity contribution in [2.24, 2.45) is 0 Å². The number of anilines is 1. The third-order valence-corrected chi connectivity index (χ3v) is 5.55. The Bertz CT molecular complexity index is 1010. The molecule has 3 aromatic rings. The summed E-state index contributed by atoms with van der Waals surface area (Å²) in [6.45, 7) is 5.51. The Labute approximate surface area is 171 Å². The Morgan fingerprint density at radius 3 is 2.43 bits per heavy atom. The molecule has 158 valence electrons. The lowest BCUT2D eigenvalue weighted by Gasteiger charge is -2.33. The van der Waals surface area contributed by atoms with Crippen LogP contribution in [0.5, 0.6) is 0 Å². The molecule has 2 heterocycles. The number of quaternary nitrogens is 1. The van der Waals surface area contributed by atoms with Gasteiger partial charge in [0.1, 0.15) is 18.1 Å². The van der Waals surface area contributed by atoms with Crippen molar-refractivity contribution in [1.29, 1.82) is 0 Å². The van der Waals surface area contributed by atoms with Gasteiger partial charge in [0.25, 0.3) is 0 Å². The number of nitrogens with zero attached hydrogens (tertiary/aromatic N) is 2. The number of nitrogens with one attached hydrogen (secondary N) is 1. The molecule has 1 aliphatic heterocycles. The molecule has 0 atom stereocenters. The van der Waals surface area contributed by atoms with Crippen molar-refractivity contribution in [1.82, 2.24) is 5.16 Å². The van der Waals surface area contributed by atoms with Gasteiger partial charge < -0.3 is 14.3 Å². The third kappa shape index (κ3) is 4.33. The zero-order chi connectivity index (χ0) is 21.3. The minimum absolute atomic E-state index is 0.306. The van der Waals surface area contributed by atoms with E-state index in [0.717, 1.165) is 36.0 Å². The zero-order valence-corrected chi connectivity index (χ0v) is 16.5. The Balaban J connectivity index is 1.39. The van der Waals surface area contributed by atoms with E-state index in [1.54, 1.807) is 18.2 Å². The van der Waals surface area contributed by atoms with Crippen LogP contribution < -0.4 is 9.80 Å². The maximum Gasteiger partial charge on any atom is 0.416 e. The van der Waals surface area contributed by atoms with E-state index >= 15 is 0 Å². The molecule has 1 N–H and O–H groups in total. The Morgan fingerprint density at radius 1 is 1.07 bits per heavy atom. The van der Waals surface area contributed by atoms with Gasteiger partial charge in [-0.1, -0.05) is 11.2 Å². The predicted octanol–water partition coefficient (Wildman–Crippen LogP) is 3.71. The van der Waals surface area contributed by atoms with Gasteiger partial charge in [-0.3, -0.25) is 0 Å². The minimum atomic E-state index is -4.34. The van der Waals surface area contributed by atoms with Gasteiger partial charge in [-0.2, -0.15) is 13.2 Å². The summed E-state index contributed by atoms with van der Waals surface area (Å²) in [7, 11) is 0. The summed E-state index contributed by atoms with van der Waals surface area (Å²) in [5, 5.41) is 4.20. The second-order valence-electron chi connectivity index (χ2n) is 7.55. The molecule has 0 spiro atoms. The summed E-state index contributed by atoms with van der Waals surface area (Å²) in [5.74, 6) is 0.325. The van der Waals surface area contributed by atoms with E-state index in [0.29, 0.717) is 31.1 Å². The van der Waals surface area contributed by atoms with Crippen molar-refractivity contribution in [3.63, 3.8) is 0 Å². The monoisotopic (exact) mass is 420 g/mol. The standard InChI is InChI=1S/C22H21F4N3O/c1-15-20(27-30-21(15)16-5-7-18(23)8-6-16)14-28-9-11-29(12-10-28)19-4-2-3-17(13-19)22(24,25)26/h2-8,13H,9-12,14H2,1H3/p+1. The lowest BCUT2D eigenvalue weighted by atomic mass is 10.1. The normalized spacial score (nSPS) is 15.6.